The molecule has 0 N–H and O–H groups in total. The van der Waals surface area contributed by atoms with Gasteiger partial charge in [-0.2, -0.15) is 4.98 Å². The maximum absolute atomic E-state index is 13.6. The third kappa shape index (κ3) is 3.31. The zero-order chi connectivity index (χ0) is 26.8. The summed E-state index contributed by atoms with van der Waals surface area (Å²) < 4.78 is 2.57. The van der Waals surface area contributed by atoms with Crippen molar-refractivity contribution in [3.8, 4) is 16.8 Å². The molecular formula is C35H21N3O2. The van der Waals surface area contributed by atoms with Gasteiger partial charge in [-0.15, -0.1) is 0 Å². The summed E-state index contributed by atoms with van der Waals surface area (Å²) in [5, 5.41) is 9.02. The Bertz CT molecular complexity index is 2400. The fourth-order valence-electron chi connectivity index (χ4n) is 5.88. The molecule has 8 aromatic rings. The fourth-order valence-corrected chi connectivity index (χ4v) is 5.88. The van der Waals surface area contributed by atoms with Crippen molar-refractivity contribution in [2.45, 2.75) is 0 Å². The van der Waals surface area contributed by atoms with Gasteiger partial charge in [0.05, 0.1) is 5.69 Å². The molecule has 0 bridgehead atoms. The van der Waals surface area contributed by atoms with Crippen LogP contribution in [0.4, 0.5) is 0 Å². The zero-order valence-corrected chi connectivity index (χ0v) is 21.3. The van der Waals surface area contributed by atoms with Crippen molar-refractivity contribution in [2.75, 3.05) is 0 Å². The van der Waals surface area contributed by atoms with Gasteiger partial charge in [0.2, 0.25) is 0 Å². The molecule has 0 unspecified atom stereocenters. The lowest BCUT2D eigenvalue weighted by Gasteiger charge is -2.13. The van der Waals surface area contributed by atoms with Crippen LogP contribution in [0.2, 0.25) is 0 Å². The summed E-state index contributed by atoms with van der Waals surface area (Å²) in [6.07, 6.45) is 1.73. The largest absolute Gasteiger partial charge is 0.358 e. The lowest BCUT2D eigenvalue weighted by molar-refractivity contribution is 0.797. The van der Waals surface area contributed by atoms with Crippen LogP contribution < -0.4 is 11.4 Å². The molecule has 5 nitrogen and oxygen atoms in total. The number of aromatic nitrogens is 3. The minimum absolute atomic E-state index is 0.328. The Balaban J connectivity index is 1.33. The number of nitrogens with zero attached hydrogens (tertiary/aromatic N) is 3. The summed E-state index contributed by atoms with van der Waals surface area (Å²) in [6.45, 7) is 0. The number of rotatable bonds is 2. The average molecular weight is 516 g/mol. The fraction of sp³-hybridized carbons (Fsp3) is 0. The molecule has 0 aliphatic rings. The lowest BCUT2D eigenvalue weighted by Crippen LogP contribution is -2.38. The second-order valence-electron chi connectivity index (χ2n) is 10.0. The van der Waals surface area contributed by atoms with Gasteiger partial charge in [0.25, 0.3) is 0 Å². The molecule has 0 saturated carbocycles. The van der Waals surface area contributed by atoms with Crippen molar-refractivity contribution in [3.05, 3.63) is 148 Å². The molecule has 0 amide bonds. The number of fused-ring (bicyclic) bond motifs is 8. The second kappa shape index (κ2) is 8.48. The van der Waals surface area contributed by atoms with Crippen molar-refractivity contribution in [1.29, 1.82) is 0 Å². The standard InChI is InChI=1S/C35H21N3O2/c39-34-36-33-20-23-8-1-2-9-25(23)21-37(33)35(40)38(34)26-11-7-10-22(18-26)24-16-17-31-29-14-4-3-12-27(29)28-13-5-6-15-30(28)32(31)19-24/h1-21H. The molecule has 2 aromatic heterocycles. The van der Waals surface area contributed by atoms with Crippen molar-refractivity contribution in [2.24, 2.45) is 0 Å². The van der Waals surface area contributed by atoms with E-state index in [1.165, 1.54) is 31.3 Å². The van der Waals surface area contributed by atoms with Crippen molar-refractivity contribution in [3.63, 3.8) is 0 Å². The Morgan fingerprint density at radius 3 is 1.82 bits per heavy atom. The SMILES string of the molecule is O=c1nc2cc3ccccc3cn2c(=O)n1-c1cccc(-c2ccc3c4ccccc4c4ccccc4c3c2)c1. The summed E-state index contributed by atoms with van der Waals surface area (Å²) in [5.74, 6) is 0. The molecule has 8 rings (SSSR count). The van der Waals surface area contributed by atoms with Gasteiger partial charge in [0.15, 0.2) is 0 Å². The molecule has 0 fully saturated rings. The van der Waals surface area contributed by atoms with E-state index >= 15 is 0 Å². The van der Waals surface area contributed by atoms with E-state index in [-0.39, 0.29) is 0 Å². The highest BCUT2D eigenvalue weighted by atomic mass is 16.2. The molecule has 2 heterocycles. The van der Waals surface area contributed by atoms with E-state index in [1.54, 1.807) is 18.3 Å². The summed E-state index contributed by atoms with van der Waals surface area (Å²) in [5.41, 5.74) is 1.66. The minimum Gasteiger partial charge on any atom is -0.252 e. The Morgan fingerprint density at radius 1 is 0.500 bits per heavy atom. The molecule has 0 saturated heterocycles. The molecule has 0 aliphatic carbocycles. The van der Waals surface area contributed by atoms with Crippen LogP contribution in [0.3, 0.4) is 0 Å². The predicted molar refractivity (Wildman–Crippen MR) is 163 cm³/mol. The van der Waals surface area contributed by atoms with Crippen LogP contribution in [-0.4, -0.2) is 14.0 Å². The van der Waals surface area contributed by atoms with E-state index in [0.717, 1.165) is 31.9 Å². The topological polar surface area (TPSA) is 56.4 Å². The first-order chi connectivity index (χ1) is 19.7. The maximum Gasteiger partial charge on any atom is 0.358 e. The van der Waals surface area contributed by atoms with E-state index < -0.39 is 11.4 Å². The third-order valence-corrected chi connectivity index (χ3v) is 7.78. The van der Waals surface area contributed by atoms with Crippen LogP contribution in [0, 0.1) is 0 Å². The van der Waals surface area contributed by atoms with Gasteiger partial charge in [-0.25, -0.2) is 14.2 Å². The highest BCUT2D eigenvalue weighted by Crippen LogP contribution is 2.37. The first kappa shape index (κ1) is 22.4. The quantitative estimate of drug-likeness (QED) is 0.182. The summed E-state index contributed by atoms with van der Waals surface area (Å²) in [6, 6.07) is 40.4. The van der Waals surface area contributed by atoms with E-state index in [4.69, 9.17) is 0 Å². The first-order valence-corrected chi connectivity index (χ1v) is 13.1. The van der Waals surface area contributed by atoms with Gasteiger partial charge >= 0.3 is 11.4 Å². The summed E-state index contributed by atoms with van der Waals surface area (Å²) in [7, 11) is 0. The molecule has 188 valence electrons. The molecule has 0 spiro atoms. The number of hydrogen-bond donors (Lipinski definition) is 0. The van der Waals surface area contributed by atoms with E-state index in [1.807, 2.05) is 42.5 Å². The molecule has 0 atom stereocenters. The van der Waals surface area contributed by atoms with E-state index in [0.29, 0.717) is 11.3 Å². The minimum atomic E-state index is -0.603. The Kier molecular flexibility index (Phi) is 4.76. The van der Waals surface area contributed by atoms with E-state index in [2.05, 4.69) is 71.7 Å². The monoisotopic (exact) mass is 515 g/mol. The molecule has 5 heteroatoms. The zero-order valence-electron chi connectivity index (χ0n) is 21.3. The number of benzene rings is 6. The van der Waals surface area contributed by atoms with Crippen LogP contribution in [0.5, 0.6) is 0 Å². The lowest BCUT2D eigenvalue weighted by atomic mass is 9.92. The first-order valence-electron chi connectivity index (χ1n) is 13.1. The Hall–Kier alpha value is -5.55. The molecule has 6 aromatic carbocycles. The van der Waals surface area contributed by atoms with Gasteiger partial charge in [0.1, 0.15) is 5.65 Å². The van der Waals surface area contributed by atoms with Gasteiger partial charge in [-0.05, 0) is 78.5 Å². The number of pyridine rings is 1. The highest BCUT2D eigenvalue weighted by molar-refractivity contribution is 6.25. The molecule has 0 radical (unpaired) electrons. The van der Waals surface area contributed by atoms with Gasteiger partial charge in [0, 0.05) is 6.20 Å². The van der Waals surface area contributed by atoms with Gasteiger partial charge < -0.3 is 0 Å². The third-order valence-electron chi connectivity index (χ3n) is 7.78. The maximum atomic E-state index is 13.6. The van der Waals surface area contributed by atoms with Crippen LogP contribution in [0.1, 0.15) is 0 Å². The van der Waals surface area contributed by atoms with Gasteiger partial charge in [-0.3, -0.25) is 4.40 Å². The highest BCUT2D eigenvalue weighted by Gasteiger charge is 2.13. The average Bonchev–Trinajstić information content (AvgIpc) is 3.00. The van der Waals surface area contributed by atoms with Crippen LogP contribution in [0.25, 0.3) is 65.6 Å². The smallest absolute Gasteiger partial charge is 0.252 e. The number of hydrogen-bond acceptors (Lipinski definition) is 3. The van der Waals surface area contributed by atoms with Crippen molar-refractivity contribution < 1.29 is 0 Å². The Labute approximate surface area is 227 Å². The van der Waals surface area contributed by atoms with Gasteiger partial charge in [-0.1, -0.05) is 97.1 Å². The molecule has 40 heavy (non-hydrogen) atoms. The predicted octanol–water partition coefficient (Wildman–Crippen LogP) is 7.13. The normalized spacial score (nSPS) is 11.7. The molecular weight excluding hydrogens is 494 g/mol. The summed E-state index contributed by atoms with van der Waals surface area (Å²) in [4.78, 5) is 30.9. The molecule has 0 aliphatic heterocycles. The summed E-state index contributed by atoms with van der Waals surface area (Å²) >= 11 is 0. The van der Waals surface area contributed by atoms with Crippen LogP contribution in [0.15, 0.2) is 137 Å². The van der Waals surface area contributed by atoms with Crippen LogP contribution >= 0.6 is 0 Å². The van der Waals surface area contributed by atoms with E-state index in [9.17, 15) is 9.59 Å². The second-order valence-corrected chi connectivity index (χ2v) is 10.0. The van der Waals surface area contributed by atoms with Crippen molar-refractivity contribution >= 4 is 48.7 Å². The Morgan fingerprint density at radius 2 is 1.10 bits per heavy atom. The van der Waals surface area contributed by atoms with Crippen LogP contribution in [-0.2, 0) is 0 Å². The van der Waals surface area contributed by atoms with Crippen molar-refractivity contribution in [1.82, 2.24) is 14.0 Å².